The van der Waals surface area contributed by atoms with E-state index in [-0.39, 0.29) is 5.56 Å². The molecule has 0 atom stereocenters. The van der Waals surface area contributed by atoms with Crippen molar-refractivity contribution >= 4 is 11.9 Å². The van der Waals surface area contributed by atoms with Gasteiger partial charge >= 0.3 is 11.9 Å². The van der Waals surface area contributed by atoms with Crippen molar-refractivity contribution in [3.05, 3.63) is 30.0 Å². The molecule has 90 valence electrons. The molecule has 0 radical (unpaired) electrons. The van der Waals surface area contributed by atoms with Gasteiger partial charge < -0.3 is 25.2 Å². The highest BCUT2D eigenvalue weighted by Gasteiger charge is 2.17. The van der Waals surface area contributed by atoms with E-state index in [1.807, 2.05) is 0 Å². The molecule has 0 amide bonds. The van der Waals surface area contributed by atoms with Crippen LogP contribution in [0.5, 0.6) is 17.2 Å². The number of phenolic OH excluding ortho intramolecular Hbond substituents is 2. The molecular weight excluding hydrogens is 232 g/mol. The standard InChI is InChI=1S/C10H8O7/c1-4(9(13)14)17-7-3-5(10(15)16)2-6(11)8(7)12/h2-3,11-12H,1H2,(H,13,14)(H,15,16). The molecule has 1 aromatic rings. The van der Waals surface area contributed by atoms with Crippen molar-refractivity contribution in [2.45, 2.75) is 0 Å². The number of aliphatic carboxylic acids is 1. The van der Waals surface area contributed by atoms with Gasteiger partial charge in [-0.3, -0.25) is 0 Å². The van der Waals surface area contributed by atoms with Gasteiger partial charge in [0.25, 0.3) is 0 Å². The van der Waals surface area contributed by atoms with Gasteiger partial charge in [0.05, 0.1) is 5.56 Å². The summed E-state index contributed by atoms with van der Waals surface area (Å²) in [6.07, 6.45) is 0. The summed E-state index contributed by atoms with van der Waals surface area (Å²) in [6.45, 7) is 3.03. The molecule has 0 aromatic heterocycles. The molecule has 1 aromatic carbocycles. The molecule has 0 spiro atoms. The average Bonchev–Trinajstić information content (AvgIpc) is 2.23. The molecule has 0 bridgehead atoms. The van der Waals surface area contributed by atoms with Crippen LogP contribution in [-0.2, 0) is 4.79 Å². The van der Waals surface area contributed by atoms with Gasteiger partial charge in [-0.05, 0) is 18.7 Å². The Morgan fingerprint density at radius 3 is 2.24 bits per heavy atom. The predicted molar refractivity (Wildman–Crippen MR) is 54.1 cm³/mol. The van der Waals surface area contributed by atoms with Crippen molar-refractivity contribution in [1.82, 2.24) is 0 Å². The summed E-state index contributed by atoms with van der Waals surface area (Å²) in [4.78, 5) is 21.1. The number of hydrogen-bond acceptors (Lipinski definition) is 5. The fraction of sp³-hybridized carbons (Fsp3) is 0. The zero-order chi connectivity index (χ0) is 13.2. The number of carboxylic acids is 2. The Bertz CT molecular complexity index is 504. The largest absolute Gasteiger partial charge is 0.504 e. The molecule has 0 saturated heterocycles. The van der Waals surface area contributed by atoms with Gasteiger partial charge in [-0.2, -0.15) is 0 Å². The third kappa shape index (κ3) is 2.65. The van der Waals surface area contributed by atoms with E-state index in [0.717, 1.165) is 12.1 Å². The Hall–Kier alpha value is -2.70. The van der Waals surface area contributed by atoms with E-state index in [1.54, 1.807) is 0 Å². The molecule has 0 aliphatic heterocycles. The first kappa shape index (κ1) is 12.4. The van der Waals surface area contributed by atoms with Crippen LogP contribution in [0, 0.1) is 0 Å². The Labute approximate surface area is 94.8 Å². The minimum absolute atomic E-state index is 0.367. The summed E-state index contributed by atoms with van der Waals surface area (Å²) in [5.74, 6) is -5.58. The number of carbonyl (C=O) groups is 2. The number of ether oxygens (including phenoxy) is 1. The molecule has 0 saturated carbocycles. The third-order valence-electron chi connectivity index (χ3n) is 1.77. The lowest BCUT2D eigenvalue weighted by molar-refractivity contribution is -0.135. The zero-order valence-corrected chi connectivity index (χ0v) is 8.38. The van der Waals surface area contributed by atoms with Gasteiger partial charge in [0.1, 0.15) is 0 Å². The summed E-state index contributed by atoms with van der Waals surface area (Å²) >= 11 is 0. The van der Waals surface area contributed by atoms with Gasteiger partial charge in [-0.1, -0.05) is 0 Å². The first-order valence-corrected chi connectivity index (χ1v) is 4.22. The van der Waals surface area contributed by atoms with Crippen LogP contribution < -0.4 is 4.74 Å². The predicted octanol–water partition coefficient (Wildman–Crippen LogP) is 0.773. The molecule has 4 N–H and O–H groups in total. The molecule has 0 aliphatic rings. The quantitative estimate of drug-likeness (QED) is 0.348. The third-order valence-corrected chi connectivity index (χ3v) is 1.77. The first-order chi connectivity index (χ1) is 7.82. The van der Waals surface area contributed by atoms with E-state index < -0.39 is 34.9 Å². The minimum atomic E-state index is -1.48. The van der Waals surface area contributed by atoms with Crippen molar-refractivity contribution < 1.29 is 34.8 Å². The van der Waals surface area contributed by atoms with E-state index in [2.05, 4.69) is 11.3 Å². The van der Waals surface area contributed by atoms with Crippen molar-refractivity contribution in [3.8, 4) is 17.2 Å². The number of rotatable bonds is 4. The molecule has 1 rings (SSSR count). The van der Waals surface area contributed by atoms with Gasteiger partial charge in [0, 0.05) is 0 Å². The number of benzene rings is 1. The van der Waals surface area contributed by atoms with Crippen molar-refractivity contribution in [3.63, 3.8) is 0 Å². The smallest absolute Gasteiger partial charge is 0.371 e. The number of phenols is 2. The monoisotopic (exact) mass is 240 g/mol. The molecular formula is C10H8O7. The summed E-state index contributed by atoms with van der Waals surface area (Å²) in [5.41, 5.74) is -0.367. The highest BCUT2D eigenvalue weighted by atomic mass is 16.5. The normalized spacial score (nSPS) is 9.65. The molecule has 0 aliphatic carbocycles. The van der Waals surface area contributed by atoms with E-state index in [1.165, 1.54) is 0 Å². The van der Waals surface area contributed by atoms with Crippen molar-refractivity contribution in [2.24, 2.45) is 0 Å². The SMILES string of the molecule is C=C(Oc1cc(C(=O)O)cc(O)c1O)C(=O)O. The van der Waals surface area contributed by atoms with E-state index in [9.17, 15) is 19.8 Å². The second-order valence-corrected chi connectivity index (χ2v) is 2.98. The number of hydrogen-bond donors (Lipinski definition) is 4. The van der Waals surface area contributed by atoms with Gasteiger partial charge in [-0.25, -0.2) is 9.59 Å². The molecule has 17 heavy (non-hydrogen) atoms. The Morgan fingerprint density at radius 1 is 1.18 bits per heavy atom. The first-order valence-electron chi connectivity index (χ1n) is 4.22. The van der Waals surface area contributed by atoms with Crippen LogP contribution in [0.25, 0.3) is 0 Å². The van der Waals surface area contributed by atoms with Crippen LogP contribution in [0.3, 0.4) is 0 Å². The van der Waals surface area contributed by atoms with Crippen LogP contribution >= 0.6 is 0 Å². The van der Waals surface area contributed by atoms with Crippen LogP contribution in [-0.4, -0.2) is 32.4 Å². The van der Waals surface area contributed by atoms with E-state index in [4.69, 9.17) is 10.2 Å². The second-order valence-electron chi connectivity index (χ2n) is 2.98. The maximum atomic E-state index is 10.6. The molecule has 0 fully saturated rings. The van der Waals surface area contributed by atoms with Crippen LogP contribution in [0.15, 0.2) is 24.5 Å². The average molecular weight is 240 g/mol. The summed E-state index contributed by atoms with van der Waals surface area (Å²) < 4.78 is 4.61. The molecule has 0 unspecified atom stereocenters. The lowest BCUT2D eigenvalue weighted by Gasteiger charge is -2.09. The van der Waals surface area contributed by atoms with Crippen LogP contribution in [0.2, 0.25) is 0 Å². The Morgan fingerprint density at radius 2 is 1.76 bits per heavy atom. The van der Waals surface area contributed by atoms with Crippen LogP contribution in [0.1, 0.15) is 10.4 Å². The lowest BCUT2D eigenvalue weighted by Crippen LogP contribution is -2.07. The summed E-state index contributed by atoms with van der Waals surface area (Å²) in [7, 11) is 0. The maximum Gasteiger partial charge on any atom is 0.371 e. The fourth-order valence-corrected chi connectivity index (χ4v) is 0.971. The molecule has 0 heterocycles. The summed E-state index contributed by atoms with van der Waals surface area (Å²) in [5, 5.41) is 35.7. The Balaban J connectivity index is 3.18. The van der Waals surface area contributed by atoms with Gasteiger partial charge in [0.2, 0.25) is 11.5 Å². The van der Waals surface area contributed by atoms with E-state index >= 15 is 0 Å². The number of carboxylic acid groups (broad SMARTS) is 2. The maximum absolute atomic E-state index is 10.6. The number of aromatic hydroxyl groups is 2. The lowest BCUT2D eigenvalue weighted by atomic mass is 10.2. The minimum Gasteiger partial charge on any atom is -0.504 e. The number of aromatic carboxylic acids is 1. The van der Waals surface area contributed by atoms with Gasteiger partial charge in [0.15, 0.2) is 11.5 Å². The second kappa shape index (κ2) is 4.44. The van der Waals surface area contributed by atoms with Crippen molar-refractivity contribution in [2.75, 3.05) is 0 Å². The van der Waals surface area contributed by atoms with Crippen LogP contribution in [0.4, 0.5) is 0 Å². The van der Waals surface area contributed by atoms with Gasteiger partial charge in [-0.15, -0.1) is 0 Å². The summed E-state index contributed by atoms with van der Waals surface area (Å²) in [6, 6.07) is 1.67. The fourth-order valence-electron chi connectivity index (χ4n) is 0.971. The van der Waals surface area contributed by atoms with E-state index in [0.29, 0.717) is 0 Å². The highest BCUT2D eigenvalue weighted by molar-refractivity contribution is 5.90. The zero-order valence-electron chi connectivity index (χ0n) is 8.38. The molecule has 7 heteroatoms. The molecule has 7 nitrogen and oxygen atoms in total. The highest BCUT2D eigenvalue weighted by Crippen LogP contribution is 2.37. The van der Waals surface area contributed by atoms with Crippen molar-refractivity contribution in [1.29, 1.82) is 0 Å². The topological polar surface area (TPSA) is 124 Å². The Kier molecular flexibility index (Phi) is 3.23.